The lowest BCUT2D eigenvalue weighted by Gasteiger charge is -2.43. The van der Waals surface area contributed by atoms with Gasteiger partial charge in [0.2, 0.25) is 0 Å². The summed E-state index contributed by atoms with van der Waals surface area (Å²) >= 11 is 0. The molecule has 0 aliphatic carbocycles. The minimum absolute atomic E-state index is 0. The molecule has 0 fully saturated rings. The minimum atomic E-state index is -5.52. The highest BCUT2D eigenvalue weighted by Crippen LogP contribution is 2.33. The average Bonchev–Trinajstić information content (AvgIpc) is 2.87. The van der Waals surface area contributed by atoms with Crippen LogP contribution in [0.25, 0.3) is 0 Å². The quantitative estimate of drug-likeness (QED) is 0.0288. The Morgan fingerprint density at radius 3 is 0.348 bits per heavy atom. The van der Waals surface area contributed by atoms with Gasteiger partial charge in [-0.2, -0.15) is 0 Å². The third-order valence-corrected chi connectivity index (χ3v) is 12.6. The zero-order valence-electron chi connectivity index (χ0n) is 38.8. The van der Waals surface area contributed by atoms with Gasteiger partial charge >= 0.3 is 0 Å². The van der Waals surface area contributed by atoms with Crippen molar-refractivity contribution >= 4 is 60.8 Å². The second-order valence-electron chi connectivity index (χ2n) is 12.3. The molecular weight excluding hydrogens is 1070 g/mol. The van der Waals surface area contributed by atoms with E-state index in [9.17, 15) is 115 Å². The standard InChI is InChI=1S/C18H52N6O24P8.10H3N/c25-49(26,27)11-19(3-5-21(13-51(31,32)33)7-9-23(15-53(37,38)39)16-54(40,41)42)1-2-20(12-50(28,29)30)4-6-22(14-52(34,35)36)8-10-24(17-55(43,44)45)18-56(46,47)48;;;;;;;;;;/h1-18H2,(H2,25,26,27)(H2,28,29,30)(H2,31,32,33)(H2,34,35,36)(H2,37,38,39)(H2,40,41,42)(H2,43,44,45)(H2,46,47,48);10*1H3/p-6. The molecule has 0 aromatic carbocycles. The molecule has 0 aliphatic heterocycles. The van der Waals surface area contributed by atoms with E-state index in [1.165, 1.54) is 0 Å². The molecule has 0 unspecified atom stereocenters. The molecule has 40 nitrogen and oxygen atoms in total. The van der Waals surface area contributed by atoms with E-state index in [0.717, 1.165) is 9.80 Å². The number of nitrogens with zero attached hydrogens (tertiary/aromatic N) is 6. The smallest absolute Gasteiger partial charge is 0.0264 e. The summed E-state index contributed by atoms with van der Waals surface area (Å²) in [4.78, 5) is 185. The molecule has 0 atom stereocenters. The third-order valence-electron chi connectivity index (χ3n) is 6.65. The Balaban J connectivity index is -0.000000336. The first-order valence-corrected chi connectivity index (χ1v) is 28.9. The van der Waals surface area contributed by atoms with Crippen LogP contribution >= 0.6 is 60.8 Å². The van der Waals surface area contributed by atoms with Gasteiger partial charge in [0.15, 0.2) is 0 Å². The summed E-state index contributed by atoms with van der Waals surface area (Å²) in [5.74, 6) is 0. The average molecular weight is 1150 g/mol. The molecule has 418 valence electrons. The molecule has 0 heterocycles. The van der Waals surface area contributed by atoms with E-state index in [1.807, 2.05) is 0 Å². The lowest BCUT2D eigenvalue weighted by molar-refractivity contribution is -0.321. The van der Waals surface area contributed by atoms with Crippen LogP contribution in [0.2, 0.25) is 0 Å². The molecule has 0 rings (SSSR count). The molecule has 0 amide bonds. The molecular formula is C18H76N16O24P8-6. The van der Waals surface area contributed by atoms with Crippen molar-refractivity contribution in [2.75, 3.05) is 116 Å². The van der Waals surface area contributed by atoms with Gasteiger partial charge in [-0.25, -0.2) is 0 Å². The Morgan fingerprint density at radius 2 is 0.258 bits per heavy atom. The van der Waals surface area contributed by atoms with Gasteiger partial charge in [0.1, 0.15) is 0 Å². The van der Waals surface area contributed by atoms with Crippen LogP contribution in [0.3, 0.4) is 0 Å². The predicted molar refractivity (Wildman–Crippen MR) is 219 cm³/mol. The van der Waals surface area contributed by atoms with Gasteiger partial charge in [0, 0.05) is 116 Å². The molecule has 0 radical (unpaired) electrons. The zero-order valence-corrected chi connectivity index (χ0v) is 45.9. The summed E-state index contributed by atoms with van der Waals surface area (Å²) in [5.41, 5.74) is 0. The highest BCUT2D eigenvalue weighted by molar-refractivity contribution is 7.50. The van der Waals surface area contributed by atoms with E-state index in [1.54, 1.807) is 0 Å². The van der Waals surface area contributed by atoms with Crippen molar-refractivity contribution in [3.8, 4) is 0 Å². The maximum absolute atomic E-state index is 11.6. The number of rotatable bonds is 31. The van der Waals surface area contributed by atoms with Gasteiger partial charge in [-0.3, -0.25) is 29.4 Å². The fraction of sp³-hybridized carbons (Fsp3) is 1.00. The van der Waals surface area contributed by atoms with Crippen LogP contribution in [0.4, 0.5) is 0 Å². The molecule has 0 saturated heterocycles. The van der Waals surface area contributed by atoms with E-state index in [0.29, 0.717) is 19.6 Å². The van der Waals surface area contributed by atoms with Crippen LogP contribution in [0.1, 0.15) is 0 Å². The van der Waals surface area contributed by atoms with E-state index in [2.05, 4.69) is 0 Å². The highest BCUT2D eigenvalue weighted by atomic mass is 31.2. The molecule has 40 N–H and O–H groups in total. The maximum Gasteiger partial charge on any atom is 0.0264 e. The van der Waals surface area contributed by atoms with Crippen molar-refractivity contribution in [2.45, 2.75) is 0 Å². The lowest BCUT2D eigenvalue weighted by atomic mass is 10.4. The van der Waals surface area contributed by atoms with Crippen LogP contribution in [-0.4, -0.2) is 145 Å². The fourth-order valence-corrected chi connectivity index (χ4v) is 11.1. The van der Waals surface area contributed by atoms with Gasteiger partial charge in [-0.05, 0) is 0 Å². The van der Waals surface area contributed by atoms with Gasteiger partial charge in [0.25, 0.3) is 0 Å². The van der Waals surface area contributed by atoms with Gasteiger partial charge < -0.3 is 176 Å². The van der Waals surface area contributed by atoms with E-state index in [4.69, 9.17) is 0 Å². The Labute approximate surface area is 381 Å². The van der Waals surface area contributed by atoms with Crippen molar-refractivity contribution in [1.82, 2.24) is 90.9 Å². The molecule has 48 heteroatoms. The van der Waals surface area contributed by atoms with Crippen molar-refractivity contribution in [3.63, 3.8) is 0 Å². The van der Waals surface area contributed by atoms with E-state index in [-0.39, 0.29) is 61.5 Å². The molecule has 0 bridgehead atoms. The Hall–Kier alpha value is 0.560. The largest absolute Gasteiger partial charge is 0.810 e. The number of hydrogen-bond donors (Lipinski definition) is 10. The van der Waals surface area contributed by atoms with Crippen LogP contribution in [-0.2, 0) is 36.5 Å². The molecule has 66 heavy (non-hydrogen) atoms. The normalized spacial score (nSPS) is 12.5. The first-order valence-electron chi connectivity index (χ1n) is 15.1. The Morgan fingerprint density at radius 1 is 0.182 bits per heavy atom. The van der Waals surface area contributed by atoms with E-state index >= 15 is 0 Å². The second kappa shape index (κ2) is 38.2. The lowest BCUT2D eigenvalue weighted by Crippen LogP contribution is -2.47. The molecule has 0 aliphatic rings. The topological polar surface area (TPSA) is 890 Å². The second-order valence-corrected chi connectivity index (χ2v) is 24.3. The third kappa shape index (κ3) is 60.7. The van der Waals surface area contributed by atoms with E-state index < -0.39 is 177 Å². The van der Waals surface area contributed by atoms with Gasteiger partial charge in [0.05, 0.1) is 0 Å². The van der Waals surface area contributed by atoms with Crippen molar-refractivity contribution < 1.29 is 115 Å². The summed E-state index contributed by atoms with van der Waals surface area (Å²) in [5, 5.41) is 0. The van der Waals surface area contributed by atoms with Crippen LogP contribution < -0.4 is 140 Å². The molecule has 0 aromatic rings. The predicted octanol–water partition coefficient (Wildman–Crippen LogP) is -10.5. The maximum atomic E-state index is 11.6. The highest BCUT2D eigenvalue weighted by Gasteiger charge is 2.19. The van der Waals surface area contributed by atoms with Crippen LogP contribution in [0.15, 0.2) is 0 Å². The molecule has 0 saturated carbocycles. The molecule has 0 aromatic heterocycles. The summed E-state index contributed by atoms with van der Waals surface area (Å²) in [6, 6.07) is 0. The Kier molecular flexibility index (Phi) is 53.7. The number of quaternary nitrogens is 10. The summed E-state index contributed by atoms with van der Waals surface area (Å²) in [7, 11) is -44.1. The van der Waals surface area contributed by atoms with Crippen molar-refractivity contribution in [1.29, 1.82) is 0 Å². The van der Waals surface area contributed by atoms with Gasteiger partial charge in [-0.1, -0.05) is 60.8 Å². The van der Waals surface area contributed by atoms with Crippen LogP contribution in [0, 0.1) is 0 Å². The van der Waals surface area contributed by atoms with Gasteiger partial charge in [-0.15, -0.1) is 0 Å². The summed E-state index contributed by atoms with van der Waals surface area (Å²) in [6.07, 6.45) is -11.6. The Bertz CT molecular complexity index is 1460. The summed E-state index contributed by atoms with van der Waals surface area (Å²) in [6.45, 7) is -7.35. The fourth-order valence-electron chi connectivity index (χ4n) is 4.76. The number of hydrogen-bond acceptors (Lipinski definition) is 30. The van der Waals surface area contributed by atoms with Crippen molar-refractivity contribution in [2.24, 2.45) is 0 Å². The monoisotopic (exact) mass is 1150 g/mol. The van der Waals surface area contributed by atoms with Crippen molar-refractivity contribution in [3.05, 3.63) is 0 Å². The first kappa shape index (κ1) is 92.7. The van der Waals surface area contributed by atoms with Crippen LogP contribution in [0.5, 0.6) is 0 Å². The first-order chi connectivity index (χ1) is 24.7. The SMILES string of the molecule is O=P([O-])([O-])CN(CCN(CCN(CCN(CP(=O)([O-])[O-])CP(=O)([O-])[O-])CP(=O)([O-])[O-])CP(=O)([O-])[O-])CCN(CCN(CP(=O)([O-])[O-])CP(=O)([O-])[O-])CP(=O)([O-])[O-].[NH4+].[NH4+].[NH4+].[NH4+].[NH4+].[NH4+].[NH4+].[NH4+].[NH4+].[NH4+]. The zero-order chi connectivity index (χ0) is 44.2. The summed E-state index contributed by atoms with van der Waals surface area (Å²) < 4.78 is 91.0. The minimum Gasteiger partial charge on any atom is -0.810 e. The molecule has 0 spiro atoms.